The van der Waals surface area contributed by atoms with Crippen LogP contribution in [-0.2, 0) is 4.79 Å². The quantitative estimate of drug-likeness (QED) is 0.820. The number of carbonyl (C=O) groups excluding carboxylic acids is 1. The Morgan fingerprint density at radius 3 is 1.95 bits per heavy atom. The molecule has 3 N–H and O–H groups in total. The lowest BCUT2D eigenvalue weighted by Crippen LogP contribution is -2.27. The second-order valence-electron chi connectivity index (χ2n) is 5.05. The molecule has 2 aromatic carbocycles. The minimum absolute atomic E-state index is 0.0253. The zero-order chi connectivity index (χ0) is 14.9. The van der Waals surface area contributed by atoms with Crippen LogP contribution in [0.3, 0.4) is 0 Å². The van der Waals surface area contributed by atoms with Crippen molar-refractivity contribution in [2.75, 3.05) is 13.1 Å². The number of benzene rings is 2. The van der Waals surface area contributed by atoms with Crippen molar-refractivity contribution in [1.82, 2.24) is 5.32 Å². The van der Waals surface area contributed by atoms with E-state index >= 15 is 0 Å². The van der Waals surface area contributed by atoms with Crippen LogP contribution in [-0.4, -0.2) is 19.0 Å². The molecule has 0 bridgehead atoms. The Balaban J connectivity index is 2.05. The summed E-state index contributed by atoms with van der Waals surface area (Å²) < 4.78 is 0. The lowest BCUT2D eigenvalue weighted by Gasteiger charge is -2.18. The van der Waals surface area contributed by atoms with Crippen LogP contribution in [0, 0.1) is 0 Å². The Morgan fingerprint density at radius 2 is 1.48 bits per heavy atom. The van der Waals surface area contributed by atoms with Crippen molar-refractivity contribution >= 4 is 5.91 Å². The van der Waals surface area contributed by atoms with Crippen LogP contribution in [0.1, 0.15) is 29.9 Å². The van der Waals surface area contributed by atoms with Crippen LogP contribution in [0.25, 0.3) is 0 Å². The van der Waals surface area contributed by atoms with Gasteiger partial charge in [-0.3, -0.25) is 4.79 Å². The molecule has 0 aliphatic carbocycles. The van der Waals surface area contributed by atoms with E-state index in [4.69, 9.17) is 5.73 Å². The first-order valence-electron chi connectivity index (χ1n) is 7.38. The third kappa shape index (κ3) is 4.72. The Kier molecular flexibility index (Phi) is 5.98. The first-order chi connectivity index (χ1) is 10.3. The number of hydrogen-bond donors (Lipinski definition) is 2. The van der Waals surface area contributed by atoms with Gasteiger partial charge in [-0.05, 0) is 17.5 Å². The van der Waals surface area contributed by atoms with Crippen molar-refractivity contribution in [3.63, 3.8) is 0 Å². The van der Waals surface area contributed by atoms with Gasteiger partial charge in [0.2, 0.25) is 5.91 Å². The summed E-state index contributed by atoms with van der Waals surface area (Å²) in [4.78, 5) is 11.5. The molecule has 0 radical (unpaired) electrons. The molecule has 0 saturated heterocycles. The van der Waals surface area contributed by atoms with Gasteiger partial charge in [-0.25, -0.2) is 0 Å². The van der Waals surface area contributed by atoms with E-state index in [9.17, 15) is 4.79 Å². The van der Waals surface area contributed by atoms with E-state index < -0.39 is 0 Å². The van der Waals surface area contributed by atoms with E-state index in [1.165, 1.54) is 11.1 Å². The van der Waals surface area contributed by atoms with Gasteiger partial charge in [0.1, 0.15) is 0 Å². The molecule has 0 unspecified atom stereocenters. The Labute approximate surface area is 126 Å². The van der Waals surface area contributed by atoms with Gasteiger partial charge in [-0.2, -0.15) is 0 Å². The van der Waals surface area contributed by atoms with Crippen molar-refractivity contribution in [3.05, 3.63) is 71.8 Å². The lowest BCUT2D eigenvalue weighted by molar-refractivity contribution is -0.120. The average molecular weight is 282 g/mol. The van der Waals surface area contributed by atoms with Crippen molar-refractivity contribution in [1.29, 1.82) is 0 Å². The maximum absolute atomic E-state index is 11.5. The minimum atomic E-state index is 0.0253. The summed E-state index contributed by atoms with van der Waals surface area (Å²) in [7, 11) is 0. The van der Waals surface area contributed by atoms with Crippen LogP contribution < -0.4 is 11.1 Å². The molecule has 21 heavy (non-hydrogen) atoms. The predicted molar refractivity (Wildman–Crippen MR) is 86.0 cm³/mol. The van der Waals surface area contributed by atoms with Crippen LogP contribution in [0.4, 0.5) is 0 Å². The first kappa shape index (κ1) is 15.3. The van der Waals surface area contributed by atoms with Crippen LogP contribution in [0.5, 0.6) is 0 Å². The molecular weight excluding hydrogens is 260 g/mol. The van der Waals surface area contributed by atoms with Gasteiger partial charge in [-0.15, -0.1) is 0 Å². The Hall–Kier alpha value is -2.13. The summed E-state index contributed by atoms with van der Waals surface area (Å²) in [5, 5.41) is 2.93. The van der Waals surface area contributed by atoms with Crippen molar-refractivity contribution in [2.24, 2.45) is 5.73 Å². The van der Waals surface area contributed by atoms with Crippen LogP contribution in [0.15, 0.2) is 60.7 Å². The van der Waals surface area contributed by atoms with E-state index in [1.807, 2.05) is 12.1 Å². The maximum atomic E-state index is 11.5. The van der Waals surface area contributed by atoms with Crippen LogP contribution in [0.2, 0.25) is 0 Å². The molecule has 110 valence electrons. The third-order valence-corrected chi connectivity index (χ3v) is 3.53. The molecule has 1 amide bonds. The monoisotopic (exact) mass is 282 g/mol. The summed E-state index contributed by atoms with van der Waals surface area (Å²) in [5.41, 5.74) is 7.93. The van der Waals surface area contributed by atoms with Gasteiger partial charge in [0.15, 0.2) is 0 Å². The second-order valence-corrected chi connectivity index (χ2v) is 5.05. The van der Waals surface area contributed by atoms with E-state index in [2.05, 4.69) is 53.8 Å². The van der Waals surface area contributed by atoms with Gasteiger partial charge in [0, 0.05) is 25.4 Å². The van der Waals surface area contributed by atoms with Gasteiger partial charge in [0.25, 0.3) is 0 Å². The molecule has 0 heterocycles. The van der Waals surface area contributed by atoms with Gasteiger partial charge < -0.3 is 11.1 Å². The number of hydrogen-bond acceptors (Lipinski definition) is 2. The molecule has 0 saturated carbocycles. The number of nitrogens with two attached hydrogens (primary N) is 1. The lowest BCUT2D eigenvalue weighted by atomic mass is 9.88. The molecule has 0 atom stereocenters. The average Bonchev–Trinajstić information content (AvgIpc) is 2.53. The topological polar surface area (TPSA) is 55.1 Å². The number of amides is 1. The normalized spacial score (nSPS) is 10.6. The standard InChI is InChI=1S/C18H22N2O/c19-13-11-18(21)20-14-12-17(15-7-3-1-4-8-15)16-9-5-2-6-10-16/h1-10,17H,11-14,19H2,(H,20,21). The predicted octanol–water partition coefficient (Wildman–Crippen LogP) is 2.67. The summed E-state index contributed by atoms with van der Waals surface area (Å²) in [6.45, 7) is 1.06. The fraction of sp³-hybridized carbons (Fsp3) is 0.278. The fourth-order valence-corrected chi connectivity index (χ4v) is 2.47. The molecule has 3 nitrogen and oxygen atoms in total. The number of rotatable bonds is 7. The highest BCUT2D eigenvalue weighted by Gasteiger charge is 2.13. The molecule has 2 rings (SSSR count). The molecule has 0 aromatic heterocycles. The van der Waals surface area contributed by atoms with Gasteiger partial charge >= 0.3 is 0 Å². The Bertz CT molecular complexity index is 500. The third-order valence-electron chi connectivity index (χ3n) is 3.53. The SMILES string of the molecule is NCCC(=O)NCCC(c1ccccc1)c1ccccc1. The highest BCUT2D eigenvalue weighted by Crippen LogP contribution is 2.27. The largest absolute Gasteiger partial charge is 0.356 e. The van der Waals surface area contributed by atoms with E-state index in [-0.39, 0.29) is 5.91 Å². The zero-order valence-corrected chi connectivity index (χ0v) is 12.2. The Morgan fingerprint density at radius 1 is 0.952 bits per heavy atom. The maximum Gasteiger partial charge on any atom is 0.221 e. The second kappa shape index (κ2) is 8.22. The minimum Gasteiger partial charge on any atom is -0.356 e. The van der Waals surface area contributed by atoms with E-state index in [1.54, 1.807) is 0 Å². The zero-order valence-electron chi connectivity index (χ0n) is 12.2. The van der Waals surface area contributed by atoms with Crippen molar-refractivity contribution in [2.45, 2.75) is 18.8 Å². The summed E-state index contributed by atoms with van der Waals surface area (Å²) in [6.07, 6.45) is 1.27. The van der Waals surface area contributed by atoms with Gasteiger partial charge in [0.05, 0.1) is 0 Å². The highest BCUT2D eigenvalue weighted by molar-refractivity contribution is 5.75. The summed E-state index contributed by atoms with van der Waals surface area (Å²) >= 11 is 0. The number of carbonyl (C=O) groups is 1. The van der Waals surface area contributed by atoms with E-state index in [0.717, 1.165) is 6.42 Å². The van der Waals surface area contributed by atoms with Crippen molar-refractivity contribution in [3.8, 4) is 0 Å². The smallest absolute Gasteiger partial charge is 0.221 e. The molecule has 0 aliphatic rings. The highest BCUT2D eigenvalue weighted by atomic mass is 16.1. The molecule has 0 spiro atoms. The molecule has 0 fully saturated rings. The van der Waals surface area contributed by atoms with E-state index in [0.29, 0.717) is 25.4 Å². The van der Waals surface area contributed by atoms with Crippen molar-refractivity contribution < 1.29 is 4.79 Å². The first-order valence-corrected chi connectivity index (χ1v) is 7.38. The summed E-state index contributed by atoms with van der Waals surface area (Å²) in [6, 6.07) is 20.8. The molecule has 3 heteroatoms. The molecule has 0 aliphatic heterocycles. The van der Waals surface area contributed by atoms with Gasteiger partial charge in [-0.1, -0.05) is 60.7 Å². The fourth-order valence-electron chi connectivity index (χ4n) is 2.47. The summed E-state index contributed by atoms with van der Waals surface area (Å²) in [5.74, 6) is 0.322. The molecular formula is C18H22N2O. The van der Waals surface area contributed by atoms with Crippen LogP contribution >= 0.6 is 0 Å². The molecule has 2 aromatic rings. The number of nitrogens with one attached hydrogen (secondary N) is 1.